The van der Waals surface area contributed by atoms with E-state index in [1.165, 1.54) is 25.7 Å². The largest absolute Gasteiger partial charge is 0.353 e. The van der Waals surface area contributed by atoms with E-state index in [9.17, 15) is 0 Å². The Morgan fingerprint density at radius 2 is 2.25 bits per heavy atom. The topological polar surface area (TPSA) is 29.9 Å². The third-order valence-corrected chi connectivity index (χ3v) is 3.02. The van der Waals surface area contributed by atoms with Crippen LogP contribution in [0, 0.1) is 12.8 Å². The Hall–Kier alpha value is -0.990. The van der Waals surface area contributed by atoms with Crippen LogP contribution in [-0.4, -0.2) is 15.6 Å². The lowest BCUT2D eigenvalue weighted by molar-refractivity contribution is 0.578. The number of nitrogens with one attached hydrogen (secondary N) is 1. The van der Waals surface area contributed by atoms with Crippen LogP contribution in [0.2, 0.25) is 0 Å². The molecule has 1 aliphatic carbocycles. The van der Waals surface area contributed by atoms with Crippen molar-refractivity contribution in [3.8, 4) is 0 Å². The second-order valence-electron chi connectivity index (χ2n) is 5.28. The Morgan fingerprint density at radius 1 is 1.50 bits per heavy atom. The molecule has 1 aromatic rings. The number of nitrogens with zero attached hydrogens (tertiary/aromatic N) is 2. The first-order valence-electron chi connectivity index (χ1n) is 6.45. The van der Waals surface area contributed by atoms with Gasteiger partial charge in [0.05, 0.1) is 5.69 Å². The van der Waals surface area contributed by atoms with Gasteiger partial charge in [0.15, 0.2) is 0 Å². The second-order valence-corrected chi connectivity index (χ2v) is 5.28. The number of hydrogen-bond donors (Lipinski definition) is 1. The minimum Gasteiger partial charge on any atom is -0.353 e. The lowest BCUT2D eigenvalue weighted by atomic mass is 10.2. The zero-order valence-electron chi connectivity index (χ0n) is 10.7. The van der Waals surface area contributed by atoms with E-state index in [2.05, 4.69) is 41.8 Å². The summed E-state index contributed by atoms with van der Waals surface area (Å²) in [4.78, 5) is 4.52. The van der Waals surface area contributed by atoms with E-state index < -0.39 is 0 Å². The molecule has 3 nitrogen and oxygen atoms in total. The van der Waals surface area contributed by atoms with Crippen molar-refractivity contribution in [3.05, 3.63) is 11.9 Å². The summed E-state index contributed by atoms with van der Waals surface area (Å²) in [7, 11) is 0. The molecule has 0 unspecified atom stereocenters. The van der Waals surface area contributed by atoms with Crippen LogP contribution in [0.1, 0.15) is 45.2 Å². The van der Waals surface area contributed by atoms with E-state index in [1.807, 2.05) is 0 Å². The number of aromatic nitrogens is 2. The second kappa shape index (κ2) is 4.89. The normalized spacial score (nSPS) is 15.8. The van der Waals surface area contributed by atoms with Gasteiger partial charge in [-0.25, -0.2) is 4.98 Å². The van der Waals surface area contributed by atoms with Crippen LogP contribution in [0.15, 0.2) is 6.20 Å². The van der Waals surface area contributed by atoms with Crippen molar-refractivity contribution in [2.75, 3.05) is 5.32 Å². The lowest BCUT2D eigenvalue weighted by Crippen LogP contribution is -2.14. The van der Waals surface area contributed by atoms with Crippen LogP contribution < -0.4 is 5.32 Å². The fraction of sp³-hybridized carbons (Fsp3) is 0.769. The maximum Gasteiger partial charge on any atom is 0.203 e. The van der Waals surface area contributed by atoms with Gasteiger partial charge in [0, 0.05) is 18.8 Å². The van der Waals surface area contributed by atoms with E-state index in [4.69, 9.17) is 0 Å². The highest BCUT2D eigenvalue weighted by molar-refractivity contribution is 5.29. The van der Waals surface area contributed by atoms with E-state index in [1.54, 1.807) is 0 Å². The lowest BCUT2D eigenvalue weighted by Gasteiger charge is -2.11. The Kier molecular flexibility index (Phi) is 3.52. The molecule has 1 aliphatic rings. The Bertz CT molecular complexity index is 337. The summed E-state index contributed by atoms with van der Waals surface area (Å²) in [5.41, 5.74) is 1.11. The molecular formula is C13H23N3. The fourth-order valence-electron chi connectivity index (χ4n) is 2.05. The van der Waals surface area contributed by atoms with Crippen LogP contribution in [0.3, 0.4) is 0 Å². The van der Waals surface area contributed by atoms with Gasteiger partial charge >= 0.3 is 0 Å². The molecule has 0 aliphatic heterocycles. The molecular weight excluding hydrogens is 198 g/mol. The average Bonchev–Trinajstić information content (AvgIpc) is 2.92. The molecule has 1 N–H and O–H groups in total. The maximum atomic E-state index is 4.52. The summed E-state index contributed by atoms with van der Waals surface area (Å²) in [6.45, 7) is 7.46. The van der Waals surface area contributed by atoms with Crippen LogP contribution >= 0.6 is 0 Å². The first kappa shape index (κ1) is 11.5. The molecule has 0 atom stereocenters. The molecule has 16 heavy (non-hydrogen) atoms. The Balaban J connectivity index is 1.89. The molecule has 1 aromatic heterocycles. The zero-order chi connectivity index (χ0) is 11.5. The molecule has 0 bridgehead atoms. The fourth-order valence-corrected chi connectivity index (χ4v) is 2.05. The highest BCUT2D eigenvalue weighted by Gasteiger charge is 2.20. The minimum atomic E-state index is 0.448. The van der Waals surface area contributed by atoms with Crippen LogP contribution in [0.25, 0.3) is 0 Å². The highest BCUT2D eigenvalue weighted by atomic mass is 15.2. The summed E-state index contributed by atoms with van der Waals surface area (Å²) in [6, 6.07) is 0.448. The van der Waals surface area contributed by atoms with Gasteiger partial charge in [0.1, 0.15) is 0 Å². The van der Waals surface area contributed by atoms with Crippen LogP contribution in [0.5, 0.6) is 0 Å². The quantitative estimate of drug-likeness (QED) is 0.799. The van der Waals surface area contributed by atoms with Crippen molar-refractivity contribution >= 4 is 5.95 Å². The third kappa shape index (κ3) is 3.26. The summed E-state index contributed by atoms with van der Waals surface area (Å²) < 4.78 is 2.26. The monoisotopic (exact) mass is 221 g/mol. The van der Waals surface area contributed by atoms with Crippen LogP contribution in [-0.2, 0) is 6.54 Å². The average molecular weight is 221 g/mol. The van der Waals surface area contributed by atoms with Gasteiger partial charge in [-0.2, -0.15) is 0 Å². The van der Waals surface area contributed by atoms with E-state index >= 15 is 0 Å². The van der Waals surface area contributed by atoms with E-state index in [0.29, 0.717) is 6.04 Å². The third-order valence-electron chi connectivity index (χ3n) is 3.02. The molecule has 0 spiro atoms. The smallest absolute Gasteiger partial charge is 0.203 e. The molecule has 1 fully saturated rings. The number of imidazole rings is 1. The zero-order valence-corrected chi connectivity index (χ0v) is 10.7. The van der Waals surface area contributed by atoms with Gasteiger partial charge in [-0.05, 0) is 39.5 Å². The van der Waals surface area contributed by atoms with Gasteiger partial charge in [-0.1, -0.05) is 12.8 Å². The molecule has 2 rings (SSSR count). The van der Waals surface area contributed by atoms with Gasteiger partial charge in [-0.15, -0.1) is 0 Å². The first-order valence-corrected chi connectivity index (χ1v) is 6.45. The van der Waals surface area contributed by atoms with Crippen LogP contribution in [0.4, 0.5) is 5.95 Å². The van der Waals surface area contributed by atoms with Crippen molar-refractivity contribution in [1.29, 1.82) is 0 Å². The summed E-state index contributed by atoms with van der Waals surface area (Å²) in [5, 5.41) is 3.40. The predicted octanol–water partition coefficient (Wildman–Crippen LogP) is 3.20. The van der Waals surface area contributed by atoms with Gasteiger partial charge in [0.25, 0.3) is 0 Å². The van der Waals surface area contributed by atoms with E-state index in [0.717, 1.165) is 24.1 Å². The molecule has 1 saturated carbocycles. The van der Waals surface area contributed by atoms with E-state index in [-0.39, 0.29) is 0 Å². The number of anilines is 1. The highest BCUT2D eigenvalue weighted by Crippen LogP contribution is 2.33. The molecule has 1 heterocycles. The molecule has 90 valence electrons. The summed E-state index contributed by atoms with van der Waals surface area (Å²) >= 11 is 0. The molecule has 0 saturated heterocycles. The Morgan fingerprint density at radius 3 is 2.88 bits per heavy atom. The Labute approximate surface area is 98.3 Å². The SMILES string of the molecule is Cc1cn(CCCC2CC2)c(NC(C)C)n1. The predicted molar refractivity (Wildman–Crippen MR) is 67.7 cm³/mol. The minimum absolute atomic E-state index is 0.448. The number of hydrogen-bond acceptors (Lipinski definition) is 2. The number of rotatable bonds is 6. The van der Waals surface area contributed by atoms with Gasteiger partial charge in [-0.3, -0.25) is 0 Å². The van der Waals surface area contributed by atoms with Crippen molar-refractivity contribution in [2.45, 2.75) is 59.0 Å². The maximum absolute atomic E-state index is 4.52. The molecule has 3 heteroatoms. The number of aryl methyl sites for hydroxylation is 2. The summed E-state index contributed by atoms with van der Waals surface area (Å²) in [6.07, 6.45) is 7.74. The standard InChI is InChI=1S/C13H23N3/c1-10(2)14-13-15-11(3)9-16(13)8-4-5-12-6-7-12/h9-10,12H,4-8H2,1-3H3,(H,14,15). The molecule has 0 radical (unpaired) electrons. The van der Waals surface area contributed by atoms with Crippen molar-refractivity contribution in [2.24, 2.45) is 5.92 Å². The van der Waals surface area contributed by atoms with Crippen molar-refractivity contribution < 1.29 is 0 Å². The first-order chi connectivity index (χ1) is 7.65. The molecule has 0 amide bonds. The van der Waals surface area contributed by atoms with Gasteiger partial charge < -0.3 is 9.88 Å². The summed E-state index contributed by atoms with van der Waals surface area (Å²) in [5.74, 6) is 2.06. The van der Waals surface area contributed by atoms with Gasteiger partial charge in [0.2, 0.25) is 5.95 Å². The van der Waals surface area contributed by atoms with Crippen molar-refractivity contribution in [3.63, 3.8) is 0 Å². The molecule has 0 aromatic carbocycles. The van der Waals surface area contributed by atoms with Crippen molar-refractivity contribution in [1.82, 2.24) is 9.55 Å².